The molecular formula is C17H21FN2O3S. The molecule has 2 heterocycles. The van der Waals surface area contributed by atoms with Gasteiger partial charge in [-0.1, -0.05) is 18.2 Å². The Morgan fingerprint density at radius 2 is 1.83 bits per heavy atom. The van der Waals surface area contributed by atoms with Gasteiger partial charge in [0.15, 0.2) is 9.84 Å². The Hall–Kier alpha value is -1.47. The Bertz CT molecular complexity index is 763. The molecule has 0 bridgehead atoms. The molecule has 130 valence electrons. The number of carbonyl (C=O) groups is 1. The highest BCUT2D eigenvalue weighted by molar-refractivity contribution is 7.91. The Morgan fingerprint density at radius 1 is 1.12 bits per heavy atom. The van der Waals surface area contributed by atoms with E-state index >= 15 is 0 Å². The number of hydrogen-bond donors (Lipinski definition) is 0. The molecule has 5 nitrogen and oxygen atoms in total. The van der Waals surface area contributed by atoms with Gasteiger partial charge in [-0.3, -0.25) is 9.69 Å². The van der Waals surface area contributed by atoms with E-state index < -0.39 is 9.84 Å². The predicted molar refractivity (Wildman–Crippen MR) is 87.5 cm³/mol. The molecule has 24 heavy (non-hydrogen) atoms. The van der Waals surface area contributed by atoms with E-state index in [0.717, 1.165) is 12.8 Å². The molecule has 1 aliphatic carbocycles. The number of halogens is 1. The summed E-state index contributed by atoms with van der Waals surface area (Å²) < 4.78 is 38.3. The third kappa shape index (κ3) is 2.95. The lowest BCUT2D eigenvalue weighted by Gasteiger charge is -2.44. The number of piperazine rings is 1. The third-order valence-electron chi connectivity index (χ3n) is 5.33. The van der Waals surface area contributed by atoms with Crippen molar-refractivity contribution >= 4 is 15.7 Å². The highest BCUT2D eigenvalue weighted by Gasteiger charge is 2.49. The highest BCUT2D eigenvalue weighted by Crippen LogP contribution is 2.35. The molecule has 0 aromatic heterocycles. The summed E-state index contributed by atoms with van der Waals surface area (Å²) in [5.74, 6) is 0.0101. The second-order valence-corrected chi connectivity index (χ2v) is 9.23. The lowest BCUT2D eigenvalue weighted by Crippen LogP contribution is -2.60. The van der Waals surface area contributed by atoms with Crippen molar-refractivity contribution in [2.75, 3.05) is 24.6 Å². The Balaban J connectivity index is 1.57. The Labute approximate surface area is 141 Å². The zero-order chi connectivity index (χ0) is 16.9. The molecule has 0 spiro atoms. The molecule has 1 aromatic carbocycles. The average Bonchev–Trinajstić information content (AvgIpc) is 3.32. The maximum Gasteiger partial charge on any atom is 0.226 e. The monoisotopic (exact) mass is 352 g/mol. The van der Waals surface area contributed by atoms with Gasteiger partial charge in [0.2, 0.25) is 5.91 Å². The van der Waals surface area contributed by atoms with Gasteiger partial charge in [-0.2, -0.15) is 0 Å². The molecule has 0 unspecified atom stereocenters. The zero-order valence-electron chi connectivity index (χ0n) is 13.4. The van der Waals surface area contributed by atoms with Crippen LogP contribution in [0.4, 0.5) is 4.39 Å². The summed E-state index contributed by atoms with van der Waals surface area (Å²) in [5, 5.41) is 0. The third-order valence-corrected chi connectivity index (χ3v) is 7.03. The minimum atomic E-state index is -3.17. The van der Waals surface area contributed by atoms with E-state index in [9.17, 15) is 17.6 Å². The number of nitrogens with zero attached hydrogens (tertiary/aromatic N) is 2. The van der Waals surface area contributed by atoms with Gasteiger partial charge < -0.3 is 4.90 Å². The summed E-state index contributed by atoms with van der Waals surface area (Å²) in [6, 6.07) is 6.07. The smallest absolute Gasteiger partial charge is 0.226 e. The zero-order valence-corrected chi connectivity index (χ0v) is 14.2. The van der Waals surface area contributed by atoms with Crippen LogP contribution in [0, 0.1) is 11.7 Å². The number of hydrogen-bond acceptors (Lipinski definition) is 4. The van der Waals surface area contributed by atoms with Gasteiger partial charge in [-0.25, -0.2) is 12.8 Å². The fraction of sp³-hybridized carbons (Fsp3) is 0.588. The number of rotatable bonds is 3. The first kappa shape index (κ1) is 16.0. The molecule has 0 N–H and O–H groups in total. The van der Waals surface area contributed by atoms with Gasteiger partial charge in [0.05, 0.1) is 17.5 Å². The van der Waals surface area contributed by atoms with Gasteiger partial charge in [-0.05, 0) is 18.9 Å². The van der Waals surface area contributed by atoms with Crippen molar-refractivity contribution in [1.82, 2.24) is 9.80 Å². The quantitative estimate of drug-likeness (QED) is 0.816. The minimum absolute atomic E-state index is 0.0316. The van der Waals surface area contributed by atoms with Crippen LogP contribution in [0.2, 0.25) is 0 Å². The second-order valence-electron chi connectivity index (χ2n) is 7.08. The van der Waals surface area contributed by atoms with E-state index in [0.29, 0.717) is 25.2 Å². The molecular weight excluding hydrogens is 331 g/mol. The predicted octanol–water partition coefficient (Wildman–Crippen LogP) is 1.05. The van der Waals surface area contributed by atoms with E-state index in [1.165, 1.54) is 6.07 Å². The van der Waals surface area contributed by atoms with Crippen molar-refractivity contribution in [3.63, 3.8) is 0 Å². The van der Waals surface area contributed by atoms with Crippen LogP contribution in [0.3, 0.4) is 0 Å². The van der Waals surface area contributed by atoms with Crippen LogP contribution in [0.5, 0.6) is 0 Å². The van der Waals surface area contributed by atoms with Crippen LogP contribution in [-0.4, -0.2) is 60.8 Å². The first-order valence-electron chi connectivity index (χ1n) is 8.43. The number of carbonyl (C=O) groups excluding carboxylic acids is 1. The molecule has 7 heteroatoms. The largest absolute Gasteiger partial charge is 0.336 e. The molecule has 2 aliphatic heterocycles. The summed E-state index contributed by atoms with van der Waals surface area (Å²) in [6.07, 6.45) is 1.83. The van der Waals surface area contributed by atoms with Crippen molar-refractivity contribution < 1.29 is 17.6 Å². The van der Waals surface area contributed by atoms with Crippen LogP contribution in [0.25, 0.3) is 0 Å². The molecule has 2 atom stereocenters. The van der Waals surface area contributed by atoms with E-state index in [4.69, 9.17) is 0 Å². The Morgan fingerprint density at radius 3 is 2.54 bits per heavy atom. The first-order valence-corrected chi connectivity index (χ1v) is 10.2. The van der Waals surface area contributed by atoms with E-state index in [2.05, 4.69) is 0 Å². The molecule has 1 saturated carbocycles. The van der Waals surface area contributed by atoms with Crippen LogP contribution in [0.15, 0.2) is 24.3 Å². The summed E-state index contributed by atoms with van der Waals surface area (Å²) >= 11 is 0. The van der Waals surface area contributed by atoms with Crippen molar-refractivity contribution in [3.05, 3.63) is 35.6 Å². The fourth-order valence-corrected chi connectivity index (χ4v) is 5.92. The van der Waals surface area contributed by atoms with Gasteiger partial charge >= 0.3 is 0 Å². The van der Waals surface area contributed by atoms with Gasteiger partial charge in [0, 0.05) is 37.2 Å². The SMILES string of the molecule is O=C(C1CC1)N1CCN(Cc2ccccc2F)[C@H]2CS(=O)(=O)C[C@H]21. The molecule has 3 aliphatic rings. The topological polar surface area (TPSA) is 57.7 Å². The fourth-order valence-electron chi connectivity index (χ4n) is 3.90. The standard InChI is InChI=1S/C17H21FN2O3S/c18-14-4-2-1-3-13(14)9-19-7-8-20(17(21)12-5-6-12)16-11-24(22,23)10-15(16)19/h1-4,12,15-16H,5-11H2/t15-,16+/m0/s1. The molecule has 3 fully saturated rings. The van der Waals surface area contributed by atoms with Gasteiger partial charge in [-0.15, -0.1) is 0 Å². The van der Waals surface area contributed by atoms with E-state index in [1.54, 1.807) is 23.1 Å². The van der Waals surface area contributed by atoms with Gasteiger partial charge in [0.25, 0.3) is 0 Å². The van der Waals surface area contributed by atoms with Crippen LogP contribution in [-0.2, 0) is 21.2 Å². The summed E-state index contributed by atoms with van der Waals surface area (Å²) in [4.78, 5) is 16.3. The lowest BCUT2D eigenvalue weighted by atomic mass is 10.0. The van der Waals surface area contributed by atoms with Crippen LogP contribution >= 0.6 is 0 Å². The van der Waals surface area contributed by atoms with Crippen molar-refractivity contribution in [2.45, 2.75) is 31.5 Å². The molecule has 2 saturated heterocycles. The number of sulfone groups is 1. The molecule has 4 rings (SSSR count). The van der Waals surface area contributed by atoms with Crippen molar-refractivity contribution in [2.24, 2.45) is 5.92 Å². The van der Waals surface area contributed by atoms with Crippen molar-refractivity contribution in [1.29, 1.82) is 0 Å². The normalized spacial score (nSPS) is 29.5. The summed E-state index contributed by atoms with van der Waals surface area (Å²) in [6.45, 7) is 1.50. The molecule has 1 amide bonds. The Kier molecular flexibility index (Phi) is 3.88. The second kappa shape index (κ2) is 5.81. The van der Waals surface area contributed by atoms with Gasteiger partial charge in [0.1, 0.15) is 5.82 Å². The maximum atomic E-state index is 14.0. The average molecular weight is 352 g/mol. The molecule has 1 aromatic rings. The summed E-state index contributed by atoms with van der Waals surface area (Å²) in [5.41, 5.74) is 0.572. The van der Waals surface area contributed by atoms with E-state index in [1.807, 2.05) is 4.90 Å². The minimum Gasteiger partial charge on any atom is -0.336 e. The maximum absolute atomic E-state index is 14.0. The lowest BCUT2D eigenvalue weighted by molar-refractivity contribution is -0.138. The molecule has 0 radical (unpaired) electrons. The number of benzene rings is 1. The number of fused-ring (bicyclic) bond motifs is 1. The van der Waals surface area contributed by atoms with Crippen LogP contribution < -0.4 is 0 Å². The van der Waals surface area contributed by atoms with E-state index in [-0.39, 0.29) is 41.2 Å². The first-order chi connectivity index (χ1) is 11.4. The number of amides is 1. The van der Waals surface area contributed by atoms with Crippen molar-refractivity contribution in [3.8, 4) is 0 Å². The highest BCUT2D eigenvalue weighted by atomic mass is 32.2. The summed E-state index contributed by atoms with van der Waals surface area (Å²) in [7, 11) is -3.17. The van der Waals surface area contributed by atoms with Crippen LogP contribution in [0.1, 0.15) is 18.4 Å².